The number of hydrogen-bond donors (Lipinski definition) is 1. The van der Waals surface area contributed by atoms with Crippen LogP contribution in [-0.4, -0.2) is 37.0 Å². The average Bonchev–Trinajstić information content (AvgIpc) is 3.52. The van der Waals surface area contributed by atoms with Gasteiger partial charge in [0.05, 0.1) is 28.2 Å². The molecule has 5 aromatic rings. The molecule has 0 aliphatic rings. The molecule has 0 saturated carbocycles. The number of amides is 1. The minimum atomic E-state index is -0.535. The van der Waals surface area contributed by atoms with E-state index in [-0.39, 0.29) is 28.3 Å². The molecule has 0 saturated heterocycles. The smallest absolute Gasteiger partial charge is 0.276 e. The van der Waals surface area contributed by atoms with Crippen LogP contribution in [-0.2, 0) is 0 Å². The minimum Gasteiger partial charge on any atom is -0.321 e. The van der Waals surface area contributed by atoms with Gasteiger partial charge in [-0.05, 0) is 43.3 Å². The van der Waals surface area contributed by atoms with Crippen molar-refractivity contribution in [1.82, 2.24) is 19.6 Å². The van der Waals surface area contributed by atoms with Gasteiger partial charge in [-0.3, -0.25) is 14.4 Å². The van der Waals surface area contributed by atoms with Crippen LogP contribution in [0.5, 0.6) is 0 Å². The first-order valence-electron chi connectivity index (χ1n) is 11.7. The van der Waals surface area contributed by atoms with Crippen molar-refractivity contribution in [2.45, 2.75) is 13.8 Å². The standard InChI is InChI=1S/C29H23N5O3/c1-19-25(28(36)24-18-33(31-26(24)20(2)35)22-14-8-4-9-15-22)27(29(37)30-21-12-6-3-7-13-21)32-34(19)23-16-10-5-11-17-23/h3-18H,1-2H3,(H,30,37). The molecule has 8 nitrogen and oxygen atoms in total. The van der Waals surface area contributed by atoms with E-state index < -0.39 is 11.7 Å². The Balaban J connectivity index is 1.65. The molecule has 0 radical (unpaired) electrons. The molecule has 2 heterocycles. The monoisotopic (exact) mass is 489 g/mol. The molecule has 0 bridgehead atoms. The summed E-state index contributed by atoms with van der Waals surface area (Å²) in [4.78, 5) is 39.9. The number of ketones is 2. The number of anilines is 1. The molecule has 2 aromatic heterocycles. The molecule has 1 amide bonds. The quantitative estimate of drug-likeness (QED) is 0.323. The Kier molecular flexibility index (Phi) is 6.30. The van der Waals surface area contributed by atoms with Crippen molar-refractivity contribution in [3.05, 3.63) is 125 Å². The molecule has 0 spiro atoms. The lowest BCUT2D eigenvalue weighted by Crippen LogP contribution is -2.17. The summed E-state index contributed by atoms with van der Waals surface area (Å²) >= 11 is 0. The van der Waals surface area contributed by atoms with Crippen LogP contribution in [0, 0.1) is 6.92 Å². The summed E-state index contributed by atoms with van der Waals surface area (Å²) in [6.07, 6.45) is 1.52. The van der Waals surface area contributed by atoms with Crippen molar-refractivity contribution in [3.8, 4) is 11.4 Å². The SMILES string of the molecule is CC(=O)c1nn(-c2ccccc2)cc1C(=O)c1c(C(=O)Nc2ccccc2)nn(-c2ccccc2)c1C. The first-order chi connectivity index (χ1) is 17.9. The second kappa shape index (κ2) is 9.87. The summed E-state index contributed by atoms with van der Waals surface area (Å²) < 4.78 is 3.05. The Morgan fingerprint density at radius 2 is 1.30 bits per heavy atom. The number of nitrogens with zero attached hydrogens (tertiary/aromatic N) is 4. The first-order valence-corrected chi connectivity index (χ1v) is 11.7. The van der Waals surface area contributed by atoms with E-state index in [9.17, 15) is 14.4 Å². The molecule has 37 heavy (non-hydrogen) atoms. The van der Waals surface area contributed by atoms with E-state index in [0.717, 1.165) is 0 Å². The number of Topliss-reactive ketones (excluding diaryl/α,β-unsaturated/α-hetero) is 1. The highest BCUT2D eigenvalue weighted by Gasteiger charge is 2.31. The Morgan fingerprint density at radius 1 is 0.730 bits per heavy atom. The maximum atomic E-state index is 14.0. The van der Waals surface area contributed by atoms with Crippen LogP contribution >= 0.6 is 0 Å². The summed E-state index contributed by atoms with van der Waals surface area (Å²) in [6.45, 7) is 3.08. The number of para-hydroxylation sites is 3. The van der Waals surface area contributed by atoms with Crippen LogP contribution < -0.4 is 5.32 Å². The van der Waals surface area contributed by atoms with Gasteiger partial charge in [-0.25, -0.2) is 9.36 Å². The number of aromatic nitrogens is 4. The van der Waals surface area contributed by atoms with Crippen LogP contribution in [0.15, 0.2) is 97.2 Å². The molecular weight excluding hydrogens is 466 g/mol. The van der Waals surface area contributed by atoms with E-state index in [0.29, 0.717) is 22.8 Å². The van der Waals surface area contributed by atoms with Crippen LogP contribution in [0.25, 0.3) is 11.4 Å². The van der Waals surface area contributed by atoms with E-state index in [2.05, 4.69) is 15.5 Å². The van der Waals surface area contributed by atoms with Gasteiger partial charge < -0.3 is 5.32 Å². The van der Waals surface area contributed by atoms with Gasteiger partial charge in [0.25, 0.3) is 5.91 Å². The fourth-order valence-corrected chi connectivity index (χ4v) is 4.11. The normalized spacial score (nSPS) is 10.8. The predicted octanol–water partition coefficient (Wildman–Crippen LogP) is 5.05. The molecule has 8 heteroatoms. The number of benzene rings is 3. The Hall–Kier alpha value is -5.11. The van der Waals surface area contributed by atoms with Crippen LogP contribution in [0.4, 0.5) is 5.69 Å². The largest absolute Gasteiger partial charge is 0.321 e. The van der Waals surface area contributed by atoms with Gasteiger partial charge in [-0.1, -0.05) is 54.6 Å². The maximum Gasteiger partial charge on any atom is 0.276 e. The molecular formula is C29H23N5O3. The summed E-state index contributed by atoms with van der Waals surface area (Å²) in [5.74, 6) is -1.40. The lowest BCUT2D eigenvalue weighted by Gasteiger charge is -2.05. The molecule has 182 valence electrons. The van der Waals surface area contributed by atoms with Crippen molar-refractivity contribution in [2.75, 3.05) is 5.32 Å². The predicted molar refractivity (Wildman–Crippen MR) is 140 cm³/mol. The van der Waals surface area contributed by atoms with Gasteiger partial charge >= 0.3 is 0 Å². The van der Waals surface area contributed by atoms with Crippen molar-refractivity contribution >= 4 is 23.2 Å². The van der Waals surface area contributed by atoms with E-state index in [1.807, 2.05) is 66.7 Å². The third kappa shape index (κ3) is 4.60. The molecule has 0 unspecified atom stereocenters. The zero-order valence-electron chi connectivity index (χ0n) is 20.3. The van der Waals surface area contributed by atoms with E-state index in [4.69, 9.17) is 0 Å². The third-order valence-electron chi connectivity index (χ3n) is 5.90. The summed E-state index contributed by atoms with van der Waals surface area (Å²) in [5.41, 5.74) is 2.61. The second-order valence-electron chi connectivity index (χ2n) is 8.43. The van der Waals surface area contributed by atoms with Gasteiger partial charge in [-0.2, -0.15) is 10.2 Å². The number of nitrogens with one attached hydrogen (secondary N) is 1. The van der Waals surface area contributed by atoms with E-state index in [1.54, 1.807) is 35.9 Å². The lowest BCUT2D eigenvalue weighted by atomic mass is 10.00. The van der Waals surface area contributed by atoms with E-state index >= 15 is 0 Å². The van der Waals surface area contributed by atoms with E-state index in [1.165, 1.54) is 17.8 Å². The molecule has 0 aliphatic carbocycles. The third-order valence-corrected chi connectivity index (χ3v) is 5.90. The van der Waals surface area contributed by atoms with Gasteiger partial charge in [-0.15, -0.1) is 0 Å². The molecule has 0 fully saturated rings. The zero-order chi connectivity index (χ0) is 25.9. The number of hydrogen-bond acceptors (Lipinski definition) is 5. The fourth-order valence-electron chi connectivity index (χ4n) is 4.11. The van der Waals surface area contributed by atoms with Gasteiger partial charge in [0, 0.05) is 18.8 Å². The molecule has 3 aromatic carbocycles. The molecule has 0 atom stereocenters. The minimum absolute atomic E-state index is 0.0233. The van der Waals surface area contributed by atoms with Gasteiger partial charge in [0.1, 0.15) is 5.69 Å². The number of rotatable bonds is 7. The van der Waals surface area contributed by atoms with Crippen molar-refractivity contribution in [3.63, 3.8) is 0 Å². The Bertz CT molecular complexity index is 1600. The molecule has 1 N–H and O–H groups in total. The summed E-state index contributed by atoms with van der Waals surface area (Å²) in [7, 11) is 0. The lowest BCUT2D eigenvalue weighted by molar-refractivity contribution is 0.0981. The van der Waals surface area contributed by atoms with Gasteiger partial charge in [0.15, 0.2) is 11.5 Å². The zero-order valence-corrected chi connectivity index (χ0v) is 20.3. The summed E-state index contributed by atoms with van der Waals surface area (Å²) in [6, 6.07) is 27.4. The average molecular weight is 490 g/mol. The topological polar surface area (TPSA) is 98.9 Å². The van der Waals surface area contributed by atoms with Crippen LogP contribution in [0.3, 0.4) is 0 Å². The van der Waals surface area contributed by atoms with Crippen molar-refractivity contribution < 1.29 is 14.4 Å². The maximum absolute atomic E-state index is 14.0. The van der Waals surface area contributed by atoms with Crippen molar-refractivity contribution in [2.24, 2.45) is 0 Å². The fraction of sp³-hybridized carbons (Fsp3) is 0.0690. The molecule has 0 aliphatic heterocycles. The van der Waals surface area contributed by atoms with Crippen molar-refractivity contribution in [1.29, 1.82) is 0 Å². The first kappa shape index (κ1) is 23.6. The second-order valence-corrected chi connectivity index (χ2v) is 8.43. The number of carbonyl (C=O) groups excluding carboxylic acids is 3. The van der Waals surface area contributed by atoms with Gasteiger partial charge in [0.2, 0.25) is 5.78 Å². The highest BCUT2D eigenvalue weighted by molar-refractivity contribution is 6.20. The Morgan fingerprint density at radius 3 is 1.89 bits per heavy atom. The van der Waals surface area contributed by atoms with Crippen LogP contribution in [0.2, 0.25) is 0 Å². The number of carbonyl (C=O) groups is 3. The molecule has 5 rings (SSSR count). The highest BCUT2D eigenvalue weighted by atomic mass is 16.2. The Labute approximate surface area is 213 Å². The highest BCUT2D eigenvalue weighted by Crippen LogP contribution is 2.25. The summed E-state index contributed by atoms with van der Waals surface area (Å²) in [5, 5.41) is 11.7. The van der Waals surface area contributed by atoms with Crippen LogP contribution in [0.1, 0.15) is 49.5 Å².